The van der Waals surface area contributed by atoms with E-state index in [1.54, 1.807) is 10.9 Å². The predicted octanol–water partition coefficient (Wildman–Crippen LogP) is 2.18. The number of nitrogens with one attached hydrogen (secondary N) is 1. The minimum Gasteiger partial charge on any atom is -0.352 e. The van der Waals surface area contributed by atoms with Crippen LogP contribution in [0.3, 0.4) is 0 Å². The van der Waals surface area contributed by atoms with Crippen LogP contribution in [0.2, 0.25) is 0 Å². The third-order valence-corrected chi connectivity index (χ3v) is 3.54. The van der Waals surface area contributed by atoms with Gasteiger partial charge in [-0.2, -0.15) is 5.10 Å². The van der Waals surface area contributed by atoms with E-state index in [4.69, 9.17) is 0 Å². The maximum atomic E-state index is 12.4. The van der Waals surface area contributed by atoms with Crippen molar-refractivity contribution in [2.24, 2.45) is 7.05 Å². The van der Waals surface area contributed by atoms with Gasteiger partial charge in [0.25, 0.3) is 5.91 Å². The number of benzene rings is 1. The molecule has 3 rings (SSSR count). The first-order valence-corrected chi connectivity index (χ1v) is 7.23. The molecular weight excluding hydrogens is 276 g/mol. The second kappa shape index (κ2) is 6.30. The fourth-order valence-electron chi connectivity index (χ4n) is 2.43. The zero-order chi connectivity index (χ0) is 15.4. The number of aryl methyl sites for hydroxylation is 1. The van der Waals surface area contributed by atoms with E-state index >= 15 is 0 Å². The molecule has 0 aliphatic rings. The molecule has 0 bridgehead atoms. The van der Waals surface area contributed by atoms with Gasteiger partial charge in [-0.1, -0.05) is 30.3 Å². The van der Waals surface area contributed by atoms with E-state index < -0.39 is 0 Å². The highest BCUT2D eigenvalue weighted by Gasteiger charge is 2.16. The third kappa shape index (κ3) is 2.93. The molecule has 1 aromatic carbocycles. The molecule has 3 aromatic rings. The summed E-state index contributed by atoms with van der Waals surface area (Å²) in [7, 11) is 1.83. The summed E-state index contributed by atoms with van der Waals surface area (Å²) in [6, 6.07) is 13.9. The molecule has 1 amide bonds. The summed E-state index contributed by atoms with van der Waals surface area (Å²) in [6.07, 6.45) is 6.22. The Morgan fingerprint density at radius 1 is 1.14 bits per heavy atom. The summed E-state index contributed by atoms with van der Waals surface area (Å²) in [5, 5.41) is 7.15. The standard InChI is InChI=1S/C17H18N4O/c1-20-17(21-11-5-6-12-21)15(13-19-20)16(22)18-10-9-14-7-3-2-4-8-14/h2-8,11-13H,9-10H2,1H3,(H,18,22). The summed E-state index contributed by atoms with van der Waals surface area (Å²) < 4.78 is 3.59. The lowest BCUT2D eigenvalue weighted by molar-refractivity contribution is 0.0954. The van der Waals surface area contributed by atoms with Crippen LogP contribution in [0.15, 0.2) is 61.1 Å². The van der Waals surface area contributed by atoms with Crippen molar-refractivity contribution >= 4 is 5.91 Å². The van der Waals surface area contributed by atoms with Gasteiger partial charge in [-0.15, -0.1) is 0 Å². The van der Waals surface area contributed by atoms with Gasteiger partial charge in [0.1, 0.15) is 11.4 Å². The van der Waals surface area contributed by atoms with Crippen LogP contribution in [0.25, 0.3) is 5.82 Å². The minimum absolute atomic E-state index is 0.104. The molecule has 22 heavy (non-hydrogen) atoms. The van der Waals surface area contributed by atoms with Gasteiger partial charge < -0.3 is 9.88 Å². The molecule has 0 saturated carbocycles. The number of rotatable bonds is 5. The van der Waals surface area contributed by atoms with Gasteiger partial charge in [-0.3, -0.25) is 9.48 Å². The first-order valence-electron chi connectivity index (χ1n) is 7.23. The largest absolute Gasteiger partial charge is 0.352 e. The molecule has 0 saturated heterocycles. The van der Waals surface area contributed by atoms with Gasteiger partial charge in [0.15, 0.2) is 0 Å². The molecular formula is C17H18N4O. The van der Waals surface area contributed by atoms with Crippen LogP contribution in [0.5, 0.6) is 0 Å². The first kappa shape index (κ1) is 14.1. The van der Waals surface area contributed by atoms with E-state index in [1.165, 1.54) is 5.56 Å². The molecule has 0 aliphatic heterocycles. The number of carbonyl (C=O) groups excluding carboxylic acids is 1. The highest BCUT2D eigenvalue weighted by Crippen LogP contribution is 2.13. The van der Waals surface area contributed by atoms with Crippen LogP contribution >= 0.6 is 0 Å². The van der Waals surface area contributed by atoms with Gasteiger partial charge in [0, 0.05) is 26.0 Å². The Morgan fingerprint density at radius 3 is 2.59 bits per heavy atom. The van der Waals surface area contributed by atoms with E-state index in [1.807, 2.05) is 54.3 Å². The number of amides is 1. The first-order chi connectivity index (χ1) is 10.8. The summed E-state index contributed by atoms with van der Waals surface area (Å²) in [5.41, 5.74) is 1.78. The van der Waals surface area contributed by atoms with Gasteiger partial charge in [-0.25, -0.2) is 0 Å². The molecule has 0 radical (unpaired) electrons. The van der Waals surface area contributed by atoms with Crippen molar-refractivity contribution in [2.45, 2.75) is 6.42 Å². The molecule has 0 spiro atoms. The minimum atomic E-state index is -0.104. The Morgan fingerprint density at radius 2 is 1.86 bits per heavy atom. The van der Waals surface area contributed by atoms with Crippen LogP contribution in [0.4, 0.5) is 0 Å². The van der Waals surface area contributed by atoms with Crippen molar-refractivity contribution in [3.63, 3.8) is 0 Å². The highest BCUT2D eigenvalue weighted by molar-refractivity contribution is 5.97. The van der Waals surface area contributed by atoms with E-state index in [0.717, 1.165) is 12.2 Å². The highest BCUT2D eigenvalue weighted by atomic mass is 16.1. The smallest absolute Gasteiger partial charge is 0.256 e. The lowest BCUT2D eigenvalue weighted by atomic mass is 10.1. The Balaban J connectivity index is 1.68. The molecule has 0 aliphatic carbocycles. The van der Waals surface area contributed by atoms with Crippen molar-refractivity contribution in [1.82, 2.24) is 19.7 Å². The number of aromatic nitrogens is 3. The Kier molecular flexibility index (Phi) is 4.05. The summed E-state index contributed by atoms with van der Waals surface area (Å²) in [5.74, 6) is 0.662. The average molecular weight is 294 g/mol. The predicted molar refractivity (Wildman–Crippen MR) is 85.0 cm³/mol. The number of hydrogen-bond acceptors (Lipinski definition) is 2. The van der Waals surface area contributed by atoms with Crippen LogP contribution < -0.4 is 5.32 Å². The van der Waals surface area contributed by atoms with E-state index in [9.17, 15) is 4.79 Å². The van der Waals surface area contributed by atoms with Gasteiger partial charge in [-0.05, 0) is 24.1 Å². The molecule has 0 unspecified atom stereocenters. The second-order valence-corrected chi connectivity index (χ2v) is 5.09. The molecule has 2 heterocycles. The number of nitrogens with zero attached hydrogens (tertiary/aromatic N) is 3. The summed E-state index contributed by atoms with van der Waals surface area (Å²) in [6.45, 7) is 0.600. The van der Waals surface area contributed by atoms with Gasteiger partial charge >= 0.3 is 0 Å². The second-order valence-electron chi connectivity index (χ2n) is 5.09. The van der Waals surface area contributed by atoms with Crippen molar-refractivity contribution in [3.8, 4) is 5.82 Å². The van der Waals surface area contributed by atoms with Crippen molar-refractivity contribution in [2.75, 3.05) is 6.54 Å². The fourth-order valence-corrected chi connectivity index (χ4v) is 2.43. The van der Waals surface area contributed by atoms with E-state index in [0.29, 0.717) is 12.1 Å². The number of hydrogen-bond donors (Lipinski definition) is 1. The maximum Gasteiger partial charge on any atom is 0.256 e. The molecule has 5 heteroatoms. The Hall–Kier alpha value is -2.82. The zero-order valence-electron chi connectivity index (χ0n) is 12.4. The number of carbonyl (C=O) groups is 1. The van der Waals surface area contributed by atoms with Gasteiger partial charge in [0.05, 0.1) is 6.20 Å². The van der Waals surface area contributed by atoms with Crippen molar-refractivity contribution < 1.29 is 4.79 Å². The third-order valence-electron chi connectivity index (χ3n) is 3.54. The van der Waals surface area contributed by atoms with Crippen LogP contribution in [-0.2, 0) is 13.5 Å². The Bertz CT molecular complexity index is 744. The van der Waals surface area contributed by atoms with Crippen LogP contribution in [0.1, 0.15) is 15.9 Å². The molecule has 1 N–H and O–H groups in total. The topological polar surface area (TPSA) is 51.9 Å². The van der Waals surface area contributed by atoms with Gasteiger partial charge in [0.2, 0.25) is 0 Å². The lowest BCUT2D eigenvalue weighted by Gasteiger charge is -2.08. The summed E-state index contributed by atoms with van der Waals surface area (Å²) >= 11 is 0. The zero-order valence-corrected chi connectivity index (χ0v) is 12.4. The lowest BCUT2D eigenvalue weighted by Crippen LogP contribution is -2.26. The monoisotopic (exact) mass is 294 g/mol. The maximum absolute atomic E-state index is 12.4. The molecule has 0 atom stereocenters. The van der Waals surface area contributed by atoms with E-state index in [2.05, 4.69) is 22.5 Å². The molecule has 112 valence electrons. The van der Waals surface area contributed by atoms with Crippen LogP contribution in [0, 0.1) is 0 Å². The quantitative estimate of drug-likeness (QED) is 0.784. The molecule has 0 fully saturated rings. The van der Waals surface area contributed by atoms with Crippen LogP contribution in [-0.4, -0.2) is 26.8 Å². The van der Waals surface area contributed by atoms with Crippen molar-refractivity contribution in [3.05, 3.63) is 72.2 Å². The Labute approximate surface area is 129 Å². The SMILES string of the molecule is Cn1ncc(C(=O)NCCc2ccccc2)c1-n1cccc1. The normalized spacial score (nSPS) is 10.6. The fraction of sp³-hybridized carbons (Fsp3) is 0.176. The summed E-state index contributed by atoms with van der Waals surface area (Å²) in [4.78, 5) is 12.4. The molecule has 5 nitrogen and oxygen atoms in total. The van der Waals surface area contributed by atoms with Crippen molar-refractivity contribution in [1.29, 1.82) is 0 Å². The van der Waals surface area contributed by atoms with E-state index in [-0.39, 0.29) is 5.91 Å². The average Bonchev–Trinajstić information content (AvgIpc) is 3.17. The molecule has 2 aromatic heterocycles.